The van der Waals surface area contributed by atoms with Crippen molar-refractivity contribution in [3.63, 3.8) is 0 Å². The molecule has 0 unspecified atom stereocenters. The Kier molecular flexibility index (Phi) is 7.21. The fourth-order valence-corrected chi connectivity index (χ4v) is 3.46. The largest absolute Gasteiger partial charge is 0.417 e. The van der Waals surface area contributed by atoms with Gasteiger partial charge in [0.2, 0.25) is 0 Å². The number of anilines is 4. The van der Waals surface area contributed by atoms with Crippen molar-refractivity contribution in [1.82, 2.24) is 25.1 Å². The molecule has 0 aliphatic carbocycles. The van der Waals surface area contributed by atoms with E-state index in [0.717, 1.165) is 17.7 Å². The van der Waals surface area contributed by atoms with Gasteiger partial charge < -0.3 is 10.6 Å². The third-order valence-electron chi connectivity index (χ3n) is 4.81. The minimum absolute atomic E-state index is 0.0782. The number of nitrogens with one attached hydrogen (secondary N) is 4. The second-order valence-corrected chi connectivity index (χ2v) is 8.12. The van der Waals surface area contributed by atoms with Crippen molar-refractivity contribution in [1.29, 1.82) is 5.26 Å². The first kappa shape index (κ1) is 25.4. The van der Waals surface area contributed by atoms with Gasteiger partial charge in [0, 0.05) is 36.1 Å². The number of hydrogen-bond acceptors (Lipinski definition) is 7. The zero-order valence-electron chi connectivity index (χ0n) is 19.0. The van der Waals surface area contributed by atoms with Gasteiger partial charge in [-0.25, -0.2) is 19.7 Å². The molecule has 14 heteroatoms. The number of rotatable bonds is 6. The molecule has 0 radical (unpaired) electrons. The number of pyridine rings is 1. The molecule has 0 spiro atoms. The predicted molar refractivity (Wildman–Crippen MR) is 129 cm³/mol. The molecule has 3 heterocycles. The van der Waals surface area contributed by atoms with Crippen molar-refractivity contribution in [2.75, 3.05) is 16.0 Å². The van der Waals surface area contributed by atoms with Crippen LogP contribution in [0.2, 0.25) is 5.02 Å². The van der Waals surface area contributed by atoms with Gasteiger partial charge in [0.15, 0.2) is 5.82 Å². The molecule has 1 aromatic carbocycles. The van der Waals surface area contributed by atoms with E-state index in [4.69, 9.17) is 16.9 Å². The lowest BCUT2D eigenvalue weighted by Crippen LogP contribution is -2.20. The summed E-state index contributed by atoms with van der Waals surface area (Å²) < 4.78 is 39.0. The maximum absolute atomic E-state index is 13.0. The number of urea groups is 1. The second kappa shape index (κ2) is 10.5. The van der Waals surface area contributed by atoms with E-state index in [1.807, 2.05) is 13.0 Å². The number of halogens is 4. The zero-order valence-corrected chi connectivity index (χ0v) is 19.7. The van der Waals surface area contributed by atoms with Crippen LogP contribution in [-0.4, -0.2) is 31.2 Å². The molecule has 0 saturated heterocycles. The molecule has 0 aliphatic heterocycles. The highest BCUT2D eigenvalue weighted by molar-refractivity contribution is 6.31. The number of nitrogens with zero attached hydrogens (tertiary/aromatic N) is 5. The highest BCUT2D eigenvalue weighted by Gasteiger charge is 2.33. The lowest BCUT2D eigenvalue weighted by molar-refractivity contribution is -0.137. The van der Waals surface area contributed by atoms with Crippen molar-refractivity contribution >= 4 is 40.8 Å². The van der Waals surface area contributed by atoms with E-state index in [9.17, 15) is 18.0 Å². The molecular formula is C23H17ClF3N9O. The summed E-state index contributed by atoms with van der Waals surface area (Å²) in [5.41, 5.74) is 0.637. The van der Waals surface area contributed by atoms with Gasteiger partial charge in [0.05, 0.1) is 10.6 Å². The number of aromatic nitrogens is 5. The van der Waals surface area contributed by atoms with E-state index in [1.54, 1.807) is 24.3 Å². The highest BCUT2D eigenvalue weighted by Crippen LogP contribution is 2.36. The van der Waals surface area contributed by atoms with E-state index in [1.165, 1.54) is 12.3 Å². The molecule has 4 rings (SSSR count). The third-order valence-corrected chi connectivity index (χ3v) is 5.14. The molecule has 4 aromatic rings. The number of hydrogen-bond donors (Lipinski definition) is 4. The smallest absolute Gasteiger partial charge is 0.323 e. The van der Waals surface area contributed by atoms with Gasteiger partial charge in [0.1, 0.15) is 29.2 Å². The first-order valence-corrected chi connectivity index (χ1v) is 10.9. The number of aryl methyl sites for hydroxylation is 1. The van der Waals surface area contributed by atoms with E-state index < -0.39 is 22.8 Å². The minimum Gasteiger partial charge on any atom is -0.323 e. The molecule has 0 fully saturated rings. The van der Waals surface area contributed by atoms with Gasteiger partial charge >= 0.3 is 12.2 Å². The van der Waals surface area contributed by atoms with Crippen LogP contribution in [0.4, 0.5) is 41.1 Å². The molecular weight excluding hydrogens is 511 g/mol. The number of nitriles is 1. The molecule has 3 aromatic heterocycles. The van der Waals surface area contributed by atoms with Crippen molar-refractivity contribution in [3.8, 4) is 6.07 Å². The Hall–Kier alpha value is -4.70. The molecule has 2 amide bonds. The van der Waals surface area contributed by atoms with Crippen molar-refractivity contribution in [2.45, 2.75) is 19.5 Å². The fraction of sp³-hybridized carbons (Fsp3) is 0.130. The Bertz CT molecular complexity index is 1480. The molecule has 37 heavy (non-hydrogen) atoms. The second-order valence-electron chi connectivity index (χ2n) is 7.71. The quantitative estimate of drug-likeness (QED) is 0.262. The average molecular weight is 528 g/mol. The maximum atomic E-state index is 13.0. The van der Waals surface area contributed by atoms with Gasteiger partial charge in [-0.1, -0.05) is 17.7 Å². The summed E-state index contributed by atoms with van der Waals surface area (Å²) in [6, 6.07) is 10.8. The van der Waals surface area contributed by atoms with Gasteiger partial charge in [-0.05, 0) is 36.8 Å². The zero-order chi connectivity index (χ0) is 26.6. The van der Waals surface area contributed by atoms with Crippen molar-refractivity contribution in [3.05, 3.63) is 82.0 Å². The van der Waals surface area contributed by atoms with Gasteiger partial charge in [-0.15, -0.1) is 0 Å². The van der Waals surface area contributed by atoms with Crippen molar-refractivity contribution < 1.29 is 18.0 Å². The fourth-order valence-electron chi connectivity index (χ4n) is 3.23. The normalized spacial score (nSPS) is 11.0. The first-order chi connectivity index (χ1) is 17.6. The first-order valence-electron chi connectivity index (χ1n) is 10.6. The topological polar surface area (TPSA) is 144 Å². The highest BCUT2D eigenvalue weighted by atomic mass is 35.5. The number of benzene rings is 1. The summed E-state index contributed by atoms with van der Waals surface area (Å²) in [4.78, 5) is 25.2. The number of alkyl halides is 3. The Labute approximate surface area is 212 Å². The van der Waals surface area contributed by atoms with Crippen LogP contribution in [-0.2, 0) is 12.6 Å². The lowest BCUT2D eigenvalue weighted by atomic mass is 10.2. The van der Waals surface area contributed by atoms with E-state index >= 15 is 0 Å². The Morgan fingerprint density at radius 1 is 1.08 bits per heavy atom. The van der Waals surface area contributed by atoms with Crippen LogP contribution in [0, 0.1) is 18.3 Å². The van der Waals surface area contributed by atoms with Crippen LogP contribution < -0.4 is 16.0 Å². The SMILES string of the molecule is Cc1cc(Nc2cc(C#N)[nH]n2)nc(Cc2ccc(NC(=O)Nc3ccc(Cl)c(C(F)(F)F)c3)nc2)n1. The molecule has 188 valence electrons. The number of carbonyl (C=O) groups is 1. The predicted octanol–water partition coefficient (Wildman–Crippen LogP) is 5.43. The summed E-state index contributed by atoms with van der Waals surface area (Å²) in [6.45, 7) is 1.81. The van der Waals surface area contributed by atoms with Crippen LogP contribution >= 0.6 is 11.6 Å². The summed E-state index contributed by atoms with van der Waals surface area (Å²) in [6.07, 6.45) is -2.80. The molecule has 0 saturated carbocycles. The maximum Gasteiger partial charge on any atom is 0.417 e. The lowest BCUT2D eigenvalue weighted by Gasteiger charge is -2.12. The Morgan fingerprint density at radius 3 is 2.57 bits per heavy atom. The Balaban J connectivity index is 1.38. The van der Waals surface area contributed by atoms with E-state index in [2.05, 4.69) is 41.1 Å². The van der Waals surface area contributed by atoms with E-state index in [-0.39, 0.29) is 11.5 Å². The third kappa shape index (κ3) is 6.71. The average Bonchev–Trinajstić information content (AvgIpc) is 3.28. The number of aromatic amines is 1. The molecule has 4 N–H and O–H groups in total. The van der Waals surface area contributed by atoms with Crippen LogP contribution in [0.25, 0.3) is 0 Å². The van der Waals surface area contributed by atoms with Gasteiger partial charge in [0.25, 0.3) is 0 Å². The van der Waals surface area contributed by atoms with Gasteiger partial charge in [-0.2, -0.15) is 23.5 Å². The minimum atomic E-state index is -4.65. The van der Waals surface area contributed by atoms with Crippen LogP contribution in [0.1, 0.15) is 28.3 Å². The molecule has 0 bridgehead atoms. The number of carbonyl (C=O) groups excluding carboxylic acids is 1. The summed E-state index contributed by atoms with van der Waals surface area (Å²) in [5.74, 6) is 1.62. The van der Waals surface area contributed by atoms with Crippen LogP contribution in [0.5, 0.6) is 0 Å². The molecule has 10 nitrogen and oxygen atoms in total. The van der Waals surface area contributed by atoms with E-state index in [0.29, 0.717) is 35.3 Å². The van der Waals surface area contributed by atoms with Gasteiger partial charge in [-0.3, -0.25) is 10.4 Å². The van der Waals surface area contributed by atoms with Crippen LogP contribution in [0.15, 0.2) is 48.7 Å². The number of H-pyrrole nitrogens is 1. The summed E-state index contributed by atoms with van der Waals surface area (Å²) in [7, 11) is 0. The van der Waals surface area contributed by atoms with Crippen LogP contribution in [0.3, 0.4) is 0 Å². The summed E-state index contributed by atoms with van der Waals surface area (Å²) >= 11 is 5.59. The summed E-state index contributed by atoms with van der Waals surface area (Å²) in [5, 5.41) is 22.8. The Morgan fingerprint density at radius 2 is 1.89 bits per heavy atom. The van der Waals surface area contributed by atoms with Crippen molar-refractivity contribution in [2.24, 2.45) is 0 Å². The molecule has 0 aliphatic rings. The monoisotopic (exact) mass is 527 g/mol. The number of amides is 2. The standard InChI is InChI=1S/C23H17ClF3N9O/c1-12-6-19(33-21-9-15(10-28)35-36-21)32-20(30-12)7-13-2-5-18(29-11-13)34-22(37)31-14-3-4-17(24)16(8-14)23(25,26)27/h2-6,8-9,11H,7H2,1H3,(H2,29,31,34,37)(H2,30,32,33,35,36). The molecule has 0 atom stereocenters.